The van der Waals surface area contributed by atoms with Crippen molar-refractivity contribution in [3.05, 3.63) is 165 Å². The maximum atomic E-state index is 15.0. The van der Waals surface area contributed by atoms with Crippen molar-refractivity contribution < 1.29 is 62.9 Å². The highest BCUT2D eigenvalue weighted by molar-refractivity contribution is 7.90. The van der Waals surface area contributed by atoms with E-state index >= 15 is 26.3 Å². The van der Waals surface area contributed by atoms with Gasteiger partial charge >= 0.3 is 12.4 Å². The number of sulfonamides is 2. The van der Waals surface area contributed by atoms with Gasteiger partial charge in [-0.3, -0.25) is 0 Å². The zero-order valence-corrected chi connectivity index (χ0v) is 46.0. The third-order valence-electron chi connectivity index (χ3n) is 12.7. The maximum absolute atomic E-state index is 15.0. The molecule has 20 heteroatoms. The van der Waals surface area contributed by atoms with E-state index in [2.05, 4.69) is 19.4 Å². The molecule has 0 unspecified atom stereocenters. The Bertz CT molecular complexity index is 3150. The minimum atomic E-state index is -5.32. The predicted molar refractivity (Wildman–Crippen MR) is 291 cm³/mol. The first-order chi connectivity index (χ1) is 36.4. The minimum Gasteiger partial charge on any atom is -0.507 e. The molecular formula is C58H62F6N4O8S2. The van der Waals surface area contributed by atoms with Gasteiger partial charge in [-0.1, -0.05) is 116 Å². The molecule has 12 nitrogen and oxygen atoms in total. The zero-order valence-electron chi connectivity index (χ0n) is 44.4. The fraction of sp³-hybridized carbons (Fsp3) is 0.345. The summed E-state index contributed by atoms with van der Waals surface area (Å²) in [5.41, 5.74) is 1.80. The number of ether oxygens (including phenoxy) is 2. The first-order valence-corrected chi connectivity index (χ1v) is 28.0. The van der Waals surface area contributed by atoms with Gasteiger partial charge in [-0.15, -0.1) is 8.80 Å². The SMILES string of the molecule is CCCOc1c2cc(C(C)(C)C)cc1Cc1cc(N/C(=N/S(=O)(=O)c3ccccc3)C(F)(F)F)cc(c1O)Cc1cc(C(C)(C)C)cc(c1OCCC)Cc1cc(N/C(=N/S(=O)(=O)c3ccccc3)C(F)(F)F)cc(c1O)C2. The van der Waals surface area contributed by atoms with Crippen LogP contribution < -0.4 is 20.1 Å². The number of anilines is 2. The lowest BCUT2D eigenvalue weighted by Crippen LogP contribution is -2.31. The second kappa shape index (κ2) is 22.7. The Labute approximate surface area is 451 Å². The number of amidine groups is 2. The topological polar surface area (TPSA) is 176 Å². The number of hydrogen-bond acceptors (Lipinski definition) is 8. The van der Waals surface area contributed by atoms with Crippen molar-refractivity contribution in [3.63, 3.8) is 0 Å². The van der Waals surface area contributed by atoms with Crippen molar-refractivity contribution in [2.45, 2.75) is 127 Å². The van der Waals surface area contributed by atoms with Crippen molar-refractivity contribution in [1.82, 2.24) is 0 Å². The number of hydrogen-bond donors (Lipinski definition) is 4. The number of phenolic OH excluding ortho intramolecular Hbond substituents is 2. The molecule has 0 atom stereocenters. The first-order valence-electron chi connectivity index (χ1n) is 25.1. The van der Waals surface area contributed by atoms with Crippen LogP contribution in [-0.2, 0) is 56.6 Å². The third kappa shape index (κ3) is 14.0. The van der Waals surface area contributed by atoms with E-state index in [0.717, 1.165) is 24.3 Å². The molecule has 0 fully saturated rings. The summed E-state index contributed by atoms with van der Waals surface area (Å²) < 4.78 is 163. The molecule has 0 spiro atoms. The first kappa shape index (κ1) is 58.6. The minimum absolute atomic E-state index is 0.0943. The van der Waals surface area contributed by atoms with Crippen molar-refractivity contribution in [1.29, 1.82) is 0 Å². The van der Waals surface area contributed by atoms with E-state index in [-0.39, 0.29) is 95.5 Å². The van der Waals surface area contributed by atoms with Gasteiger partial charge in [0, 0.05) is 59.3 Å². The summed E-state index contributed by atoms with van der Waals surface area (Å²) in [6, 6.07) is 25.2. The molecule has 0 aliphatic heterocycles. The van der Waals surface area contributed by atoms with Gasteiger partial charge in [-0.05, 0) is 106 Å². The Balaban J connectivity index is 1.55. The highest BCUT2D eigenvalue weighted by atomic mass is 32.2. The Morgan fingerprint density at radius 1 is 0.487 bits per heavy atom. The molecule has 0 saturated carbocycles. The average Bonchev–Trinajstić information content (AvgIpc) is 3.40. The summed E-state index contributed by atoms with van der Waals surface area (Å²) in [4.78, 5) is -0.948. The number of aromatic hydroxyl groups is 2. The number of rotatable bonds is 12. The van der Waals surface area contributed by atoms with Gasteiger partial charge in [0.05, 0.1) is 23.0 Å². The second-order valence-electron chi connectivity index (χ2n) is 21.1. The Morgan fingerprint density at radius 3 is 1.01 bits per heavy atom. The Morgan fingerprint density at radius 2 is 0.769 bits per heavy atom. The molecule has 1 aliphatic rings. The van der Waals surface area contributed by atoms with Gasteiger partial charge in [0.25, 0.3) is 20.0 Å². The summed E-state index contributed by atoms with van der Waals surface area (Å²) in [5, 5.41) is 29.4. The zero-order chi connectivity index (χ0) is 57.2. The number of nitrogens with one attached hydrogen (secondary N) is 2. The van der Waals surface area contributed by atoms with Crippen LogP contribution in [0.1, 0.15) is 124 Å². The molecule has 416 valence electrons. The lowest BCUT2D eigenvalue weighted by Gasteiger charge is -2.27. The van der Waals surface area contributed by atoms with Crippen molar-refractivity contribution >= 4 is 43.1 Å². The number of fused-ring (bicyclic) bond motifs is 8. The molecule has 6 aromatic carbocycles. The van der Waals surface area contributed by atoms with E-state index in [9.17, 15) is 27.0 Å². The van der Waals surface area contributed by atoms with Crippen LogP contribution in [0.2, 0.25) is 0 Å². The number of phenols is 2. The molecule has 7 rings (SSSR count). The average molecular weight is 1120 g/mol. The molecule has 0 radical (unpaired) electrons. The summed E-state index contributed by atoms with van der Waals surface area (Å²) in [6.45, 7) is 15.5. The molecule has 78 heavy (non-hydrogen) atoms. The Hall–Kier alpha value is -7.06. The summed E-state index contributed by atoms with van der Waals surface area (Å²) in [6.07, 6.45) is -10.4. The fourth-order valence-electron chi connectivity index (χ4n) is 8.80. The monoisotopic (exact) mass is 1120 g/mol. The van der Waals surface area contributed by atoms with Crippen molar-refractivity contribution in [2.24, 2.45) is 8.80 Å². The largest absolute Gasteiger partial charge is 0.507 e. The standard InChI is InChI=1S/C58H62F6N4O8S2/c1-9-21-75-51-39-23-35-31-45(65-53(57(59,60)61)67-77(71,72)47-17-13-11-14-18-47)33-37(49(35)69)25-41-29-44(56(6,7)8)30-42(52(41)76-22-10-2)26-38-34-46(32-36(50(38)70)24-40(51)28-43(27-39)55(3,4)5)66-54(58(62,63)64)68-78(73,74)48-19-15-12-16-20-48/h11-20,27-34,69-70H,9-10,21-26H2,1-8H3,(H,65,67)(H,66,68). The molecule has 1 aliphatic carbocycles. The molecule has 8 bridgehead atoms. The van der Waals surface area contributed by atoms with Crippen LogP contribution in [0.4, 0.5) is 37.7 Å². The maximum Gasteiger partial charge on any atom is 0.450 e. The molecule has 0 heterocycles. The summed E-state index contributed by atoms with van der Waals surface area (Å²) in [5.74, 6) is -3.76. The van der Waals surface area contributed by atoms with Gasteiger partial charge in [0.15, 0.2) is 0 Å². The number of nitrogens with zero attached hydrogens (tertiary/aromatic N) is 2. The molecule has 4 N–H and O–H groups in total. The number of alkyl halides is 6. The van der Waals surface area contributed by atoms with Gasteiger partial charge in [0.1, 0.15) is 23.0 Å². The van der Waals surface area contributed by atoms with Gasteiger partial charge in [0.2, 0.25) is 11.7 Å². The number of halogens is 6. The van der Waals surface area contributed by atoms with E-state index in [1.54, 1.807) is 0 Å². The van der Waals surface area contributed by atoms with E-state index in [0.29, 0.717) is 46.2 Å². The highest BCUT2D eigenvalue weighted by Gasteiger charge is 2.40. The van der Waals surface area contributed by atoms with Crippen LogP contribution in [-0.4, -0.2) is 64.3 Å². The van der Waals surface area contributed by atoms with E-state index in [1.165, 1.54) is 60.7 Å². The molecule has 0 aromatic heterocycles. The van der Waals surface area contributed by atoms with E-state index < -0.39 is 64.7 Å². The van der Waals surface area contributed by atoms with Crippen molar-refractivity contribution in [2.75, 3.05) is 23.8 Å². The smallest absolute Gasteiger partial charge is 0.450 e. The lowest BCUT2D eigenvalue weighted by molar-refractivity contribution is -0.0593. The van der Waals surface area contributed by atoms with Crippen LogP contribution in [0.5, 0.6) is 23.0 Å². The third-order valence-corrected chi connectivity index (χ3v) is 15.3. The second-order valence-corrected chi connectivity index (χ2v) is 24.3. The number of benzene rings is 6. The summed E-state index contributed by atoms with van der Waals surface area (Å²) in [7, 11) is -9.81. The van der Waals surface area contributed by atoms with E-state index in [1.807, 2.05) is 79.7 Å². The predicted octanol–water partition coefficient (Wildman–Crippen LogP) is 13.5. The highest BCUT2D eigenvalue weighted by Crippen LogP contribution is 2.44. The quantitative estimate of drug-likeness (QED) is 0.0399. The van der Waals surface area contributed by atoms with Crippen LogP contribution in [0.15, 0.2) is 128 Å². The normalized spacial score (nSPS) is 14.0. The molecular weight excluding hydrogens is 1060 g/mol. The van der Waals surface area contributed by atoms with Gasteiger partial charge in [-0.25, -0.2) is 0 Å². The fourth-order valence-corrected chi connectivity index (χ4v) is 10.8. The molecule has 0 amide bonds. The Kier molecular flexibility index (Phi) is 17.1. The summed E-state index contributed by atoms with van der Waals surface area (Å²) >= 11 is 0. The van der Waals surface area contributed by atoms with E-state index in [4.69, 9.17) is 9.47 Å². The van der Waals surface area contributed by atoms with Crippen LogP contribution >= 0.6 is 0 Å². The van der Waals surface area contributed by atoms with Crippen LogP contribution in [0.25, 0.3) is 0 Å². The lowest BCUT2D eigenvalue weighted by atomic mass is 9.81. The van der Waals surface area contributed by atoms with Gasteiger partial charge in [-0.2, -0.15) is 43.2 Å². The van der Waals surface area contributed by atoms with Crippen LogP contribution in [0.3, 0.4) is 0 Å². The van der Waals surface area contributed by atoms with Crippen LogP contribution in [0, 0.1) is 0 Å². The van der Waals surface area contributed by atoms with Crippen molar-refractivity contribution in [3.8, 4) is 23.0 Å². The molecule has 6 aromatic rings. The molecule has 0 saturated heterocycles. The van der Waals surface area contributed by atoms with Gasteiger partial charge < -0.3 is 30.3 Å².